The first-order valence-electron chi connectivity index (χ1n) is 10.4. The Bertz CT molecular complexity index is 1540. The van der Waals surface area contributed by atoms with Crippen molar-refractivity contribution in [1.82, 2.24) is 9.78 Å². The van der Waals surface area contributed by atoms with Crippen LogP contribution in [0, 0.1) is 11.6 Å². The molecule has 6 nitrogen and oxygen atoms in total. The number of carbonyl (C=O) groups is 1. The molecule has 194 valence electrons. The maximum Gasteiger partial charge on any atom is 0.416 e. The largest absolute Gasteiger partial charge is 0.453 e. The molecule has 0 aliphatic carbocycles. The molecule has 0 aliphatic heterocycles. The molecule has 0 atom stereocenters. The Morgan fingerprint density at radius 3 is 2.38 bits per heavy atom. The third kappa shape index (κ3) is 5.28. The second-order valence-electron chi connectivity index (χ2n) is 8.16. The zero-order valence-corrected chi connectivity index (χ0v) is 20.9. The molecule has 0 fully saturated rings. The van der Waals surface area contributed by atoms with Gasteiger partial charge >= 0.3 is 6.18 Å². The maximum atomic E-state index is 14.0. The number of halogens is 7. The normalized spacial score (nSPS) is 11.6. The van der Waals surface area contributed by atoms with Gasteiger partial charge in [-0.3, -0.25) is 9.48 Å². The van der Waals surface area contributed by atoms with Crippen molar-refractivity contribution < 1.29 is 31.5 Å². The third-order valence-corrected chi connectivity index (χ3v) is 5.86. The van der Waals surface area contributed by atoms with Gasteiger partial charge in [0.1, 0.15) is 17.4 Å². The van der Waals surface area contributed by atoms with E-state index < -0.39 is 34.8 Å². The van der Waals surface area contributed by atoms with Crippen molar-refractivity contribution in [2.45, 2.75) is 6.18 Å². The topological polar surface area (TPSA) is 59.4 Å². The van der Waals surface area contributed by atoms with E-state index >= 15 is 0 Å². The number of fused-ring (bicyclic) bond motifs is 1. The number of aromatic nitrogens is 2. The van der Waals surface area contributed by atoms with Gasteiger partial charge in [-0.1, -0.05) is 23.2 Å². The summed E-state index contributed by atoms with van der Waals surface area (Å²) in [7, 11) is 4.99. The number of anilines is 2. The fraction of sp³-hybridized carbons (Fsp3) is 0.167. The average molecular weight is 559 g/mol. The summed E-state index contributed by atoms with van der Waals surface area (Å²) < 4.78 is 74.8. The van der Waals surface area contributed by atoms with Crippen LogP contribution in [0.25, 0.3) is 10.9 Å². The van der Waals surface area contributed by atoms with Crippen LogP contribution in [0.15, 0.2) is 42.5 Å². The van der Waals surface area contributed by atoms with Gasteiger partial charge in [-0.2, -0.15) is 18.3 Å². The second-order valence-corrected chi connectivity index (χ2v) is 8.97. The van der Waals surface area contributed by atoms with E-state index in [2.05, 4.69) is 10.4 Å². The van der Waals surface area contributed by atoms with Gasteiger partial charge in [0.05, 0.1) is 32.2 Å². The minimum atomic E-state index is -4.88. The number of hydrogen-bond donors (Lipinski definition) is 1. The molecular formula is C24H17Cl2F5N4O2. The molecule has 1 amide bonds. The summed E-state index contributed by atoms with van der Waals surface area (Å²) in [4.78, 5) is 14.6. The molecule has 0 saturated carbocycles. The van der Waals surface area contributed by atoms with Crippen molar-refractivity contribution in [3.8, 4) is 11.5 Å². The summed E-state index contributed by atoms with van der Waals surface area (Å²) in [5.74, 6) is -2.81. The highest BCUT2D eigenvalue weighted by Gasteiger charge is 2.32. The van der Waals surface area contributed by atoms with Crippen LogP contribution in [0.2, 0.25) is 10.0 Å². The first-order chi connectivity index (χ1) is 17.3. The molecule has 0 aliphatic rings. The van der Waals surface area contributed by atoms with E-state index in [-0.39, 0.29) is 33.3 Å². The van der Waals surface area contributed by atoms with E-state index in [1.807, 2.05) is 0 Å². The van der Waals surface area contributed by atoms with Crippen molar-refractivity contribution >= 4 is 51.5 Å². The van der Waals surface area contributed by atoms with Gasteiger partial charge in [-0.15, -0.1) is 0 Å². The summed E-state index contributed by atoms with van der Waals surface area (Å²) in [6.07, 6.45) is -4.88. The number of rotatable bonds is 5. The van der Waals surface area contributed by atoms with Gasteiger partial charge < -0.3 is 15.0 Å². The van der Waals surface area contributed by atoms with Crippen molar-refractivity contribution in [3.05, 3.63) is 75.3 Å². The molecule has 0 saturated heterocycles. The Hall–Kier alpha value is -3.57. The number of nitrogens with zero attached hydrogens (tertiary/aromatic N) is 3. The molecule has 1 N–H and O–H groups in total. The smallest absolute Gasteiger partial charge is 0.416 e. The van der Waals surface area contributed by atoms with E-state index in [0.29, 0.717) is 28.9 Å². The van der Waals surface area contributed by atoms with E-state index in [9.17, 15) is 26.7 Å². The molecule has 0 spiro atoms. The first kappa shape index (κ1) is 26.5. The van der Waals surface area contributed by atoms with Gasteiger partial charge in [0.15, 0.2) is 11.6 Å². The minimum absolute atomic E-state index is 0.0389. The predicted molar refractivity (Wildman–Crippen MR) is 131 cm³/mol. The summed E-state index contributed by atoms with van der Waals surface area (Å²) in [6, 6.07) is 6.13. The van der Waals surface area contributed by atoms with Gasteiger partial charge in [0, 0.05) is 32.8 Å². The van der Waals surface area contributed by atoms with Gasteiger partial charge in [-0.25, -0.2) is 8.78 Å². The summed E-state index contributed by atoms with van der Waals surface area (Å²) in [6.45, 7) is 0. The highest BCUT2D eigenvalue weighted by atomic mass is 35.5. The fourth-order valence-corrected chi connectivity index (χ4v) is 4.13. The summed E-state index contributed by atoms with van der Waals surface area (Å²) >= 11 is 12.7. The number of aryl methyl sites for hydroxylation is 1. The lowest BCUT2D eigenvalue weighted by atomic mass is 10.1. The van der Waals surface area contributed by atoms with Crippen molar-refractivity contribution in [1.29, 1.82) is 0 Å². The molecule has 1 heterocycles. The van der Waals surface area contributed by atoms with Crippen molar-refractivity contribution in [2.75, 3.05) is 24.3 Å². The maximum absolute atomic E-state index is 14.0. The number of ether oxygens (including phenoxy) is 1. The first-order valence-corrected chi connectivity index (χ1v) is 11.2. The molecule has 3 aromatic carbocycles. The lowest BCUT2D eigenvalue weighted by Crippen LogP contribution is -2.15. The number of nitrogens with one attached hydrogen (secondary N) is 1. The molecule has 0 radical (unpaired) electrons. The Morgan fingerprint density at radius 1 is 1.03 bits per heavy atom. The minimum Gasteiger partial charge on any atom is -0.453 e. The Morgan fingerprint density at radius 2 is 1.73 bits per heavy atom. The van der Waals surface area contributed by atoms with Crippen molar-refractivity contribution in [3.63, 3.8) is 0 Å². The average Bonchev–Trinajstić information content (AvgIpc) is 3.15. The number of carbonyl (C=O) groups excluding carboxylic acids is 1. The molecule has 0 bridgehead atoms. The number of alkyl halides is 3. The van der Waals surface area contributed by atoms with E-state index in [1.165, 1.54) is 16.8 Å². The zero-order chi connectivity index (χ0) is 27.2. The van der Waals surface area contributed by atoms with Crippen LogP contribution in [0.3, 0.4) is 0 Å². The lowest BCUT2D eigenvalue weighted by molar-refractivity contribution is -0.137. The van der Waals surface area contributed by atoms with Crippen LogP contribution < -0.4 is 15.0 Å². The molecule has 0 unspecified atom stereocenters. The van der Waals surface area contributed by atoms with Crippen LogP contribution in [-0.4, -0.2) is 29.8 Å². The summed E-state index contributed by atoms with van der Waals surface area (Å²) in [5.41, 5.74) is -1.65. The van der Waals surface area contributed by atoms with Crippen LogP contribution in [0.5, 0.6) is 11.5 Å². The molecule has 1 aromatic heterocycles. The molecule has 4 rings (SSSR count). The van der Waals surface area contributed by atoms with Gasteiger partial charge in [-0.05, 0) is 36.4 Å². The number of hydrogen-bond acceptors (Lipinski definition) is 4. The van der Waals surface area contributed by atoms with Crippen LogP contribution in [0.1, 0.15) is 15.9 Å². The van der Waals surface area contributed by atoms with Crippen LogP contribution >= 0.6 is 23.2 Å². The molecule has 13 heteroatoms. The monoisotopic (exact) mass is 558 g/mol. The number of amides is 1. The Labute approximate surface area is 217 Å². The highest BCUT2D eigenvalue weighted by Crippen LogP contribution is 2.46. The zero-order valence-electron chi connectivity index (χ0n) is 19.3. The second kappa shape index (κ2) is 9.71. The highest BCUT2D eigenvalue weighted by molar-refractivity contribution is 6.36. The predicted octanol–water partition coefficient (Wildman–Crippen LogP) is 7.29. The molecule has 4 aromatic rings. The fourth-order valence-electron chi connectivity index (χ4n) is 3.64. The SMILES string of the molecule is CN(C)c1nn(C)c2c(Cl)cc(NC(=O)c3cc(F)cc(C(F)(F)F)c3)c(Oc3cc(F)ccc3Cl)c12. The van der Waals surface area contributed by atoms with E-state index in [4.69, 9.17) is 27.9 Å². The van der Waals surface area contributed by atoms with Gasteiger partial charge in [0.25, 0.3) is 5.91 Å². The molecular weight excluding hydrogens is 542 g/mol. The summed E-state index contributed by atoms with van der Waals surface area (Å²) in [5, 5.41) is 7.27. The van der Waals surface area contributed by atoms with Crippen LogP contribution in [-0.2, 0) is 13.2 Å². The Kier molecular flexibility index (Phi) is 6.95. The van der Waals surface area contributed by atoms with Gasteiger partial charge in [0.2, 0.25) is 0 Å². The van der Waals surface area contributed by atoms with E-state index in [1.54, 1.807) is 26.0 Å². The van der Waals surface area contributed by atoms with Crippen molar-refractivity contribution in [2.24, 2.45) is 7.05 Å². The lowest BCUT2D eigenvalue weighted by Gasteiger charge is -2.18. The standard InChI is InChI=1S/C24H17Cl2F5N4O2/c1-34(2)22-19-20(35(3)33-22)16(26)10-17(21(19)37-18-9-13(27)4-5-15(18)25)32-23(36)11-6-12(24(29,30)31)8-14(28)7-11/h4-10H,1-3H3,(H,32,36). The third-order valence-electron chi connectivity index (χ3n) is 5.26. The molecule has 37 heavy (non-hydrogen) atoms. The number of benzene rings is 3. The Balaban J connectivity index is 1.91. The quantitative estimate of drug-likeness (QED) is 0.261. The van der Waals surface area contributed by atoms with E-state index in [0.717, 1.165) is 12.1 Å². The van der Waals surface area contributed by atoms with Crippen LogP contribution in [0.4, 0.5) is 33.5 Å².